The maximum atomic E-state index is 12.7. The highest BCUT2D eigenvalue weighted by molar-refractivity contribution is 5.92. The van der Waals surface area contributed by atoms with E-state index in [1.165, 1.54) is 0 Å². The summed E-state index contributed by atoms with van der Waals surface area (Å²) in [6, 6.07) is 11.2. The Morgan fingerprint density at radius 3 is 2.77 bits per heavy atom. The Morgan fingerprint density at radius 1 is 1.10 bits per heavy atom. The van der Waals surface area contributed by atoms with Crippen molar-refractivity contribution in [3.63, 3.8) is 0 Å². The summed E-state index contributed by atoms with van der Waals surface area (Å²) in [4.78, 5) is 38.9. The topological polar surface area (TPSA) is 83.4 Å². The van der Waals surface area contributed by atoms with Gasteiger partial charge in [0.15, 0.2) is 0 Å². The quantitative estimate of drug-likeness (QED) is 0.816. The number of benzene rings is 1. The Morgan fingerprint density at radius 2 is 1.93 bits per heavy atom. The summed E-state index contributed by atoms with van der Waals surface area (Å²) in [7, 11) is 0. The molecule has 158 valence electrons. The first-order valence-electron chi connectivity index (χ1n) is 10.5. The monoisotopic (exact) mass is 408 g/mol. The lowest BCUT2D eigenvalue weighted by Crippen LogP contribution is -2.52. The molecule has 7 heteroatoms. The molecule has 3 heterocycles. The molecule has 7 nitrogen and oxygen atoms in total. The molecule has 0 radical (unpaired) electrons. The number of nitrogens with zero attached hydrogens (tertiary/aromatic N) is 2. The van der Waals surface area contributed by atoms with Crippen molar-refractivity contribution in [3.8, 4) is 0 Å². The summed E-state index contributed by atoms with van der Waals surface area (Å²) >= 11 is 0. The fourth-order valence-electron chi connectivity index (χ4n) is 4.54. The molecule has 1 aromatic carbocycles. The number of pyridine rings is 1. The Hall–Kier alpha value is -3.09. The van der Waals surface area contributed by atoms with Gasteiger partial charge in [-0.05, 0) is 49.4 Å². The maximum Gasteiger partial charge on any atom is 0.317 e. The van der Waals surface area contributed by atoms with Crippen molar-refractivity contribution < 1.29 is 9.59 Å². The second-order valence-corrected chi connectivity index (χ2v) is 8.45. The van der Waals surface area contributed by atoms with Crippen LogP contribution < -0.4 is 16.2 Å². The number of hydrogen-bond donors (Lipinski definition) is 2. The third-order valence-corrected chi connectivity index (χ3v) is 6.06. The highest BCUT2D eigenvalue weighted by atomic mass is 16.2. The van der Waals surface area contributed by atoms with E-state index in [1.807, 2.05) is 47.6 Å². The molecule has 4 rings (SSSR count). The van der Waals surface area contributed by atoms with Gasteiger partial charge < -0.3 is 20.1 Å². The summed E-state index contributed by atoms with van der Waals surface area (Å²) < 4.78 is 1.85. The van der Waals surface area contributed by atoms with Crippen LogP contribution in [0.15, 0.2) is 41.2 Å². The first kappa shape index (κ1) is 20.2. The first-order chi connectivity index (χ1) is 14.4. The summed E-state index contributed by atoms with van der Waals surface area (Å²) in [6.07, 6.45) is 1.23. The average Bonchev–Trinajstić information content (AvgIpc) is 2.71. The van der Waals surface area contributed by atoms with Gasteiger partial charge in [-0.3, -0.25) is 9.59 Å². The third kappa shape index (κ3) is 4.25. The number of carbonyl (C=O) groups is 2. The number of amides is 3. The zero-order valence-corrected chi connectivity index (χ0v) is 17.5. The number of aromatic nitrogens is 1. The summed E-state index contributed by atoms with van der Waals surface area (Å²) in [6.45, 7) is 6.12. The van der Waals surface area contributed by atoms with Crippen LogP contribution in [-0.4, -0.2) is 41.0 Å². The smallest absolute Gasteiger partial charge is 0.317 e. The largest absolute Gasteiger partial charge is 0.337 e. The lowest BCUT2D eigenvalue weighted by Gasteiger charge is -2.42. The standard InChI is InChI=1S/C23H28N4O3/c1-15-6-7-16(2)19(10-15)25-21(28)8-9-24-23(30)26-12-17-11-18(14-26)20-4-3-5-22(29)27(20)13-17/h3-7,10,17-18H,8-9,11-14H2,1-2H3,(H,24,30)(H,25,28)/t17-,18-/m0/s1. The lowest BCUT2D eigenvalue weighted by molar-refractivity contribution is -0.116. The Balaban J connectivity index is 1.29. The third-order valence-electron chi connectivity index (χ3n) is 6.06. The van der Waals surface area contributed by atoms with Crippen LogP contribution in [0.1, 0.15) is 35.6 Å². The van der Waals surface area contributed by atoms with Crippen molar-refractivity contribution in [1.29, 1.82) is 0 Å². The molecule has 2 bridgehead atoms. The fraction of sp³-hybridized carbons (Fsp3) is 0.435. The minimum atomic E-state index is -0.143. The molecule has 0 spiro atoms. The molecule has 0 unspecified atom stereocenters. The summed E-state index contributed by atoms with van der Waals surface area (Å²) in [5, 5.41) is 5.79. The van der Waals surface area contributed by atoms with E-state index in [4.69, 9.17) is 0 Å². The molecule has 0 saturated carbocycles. The fourth-order valence-corrected chi connectivity index (χ4v) is 4.54. The van der Waals surface area contributed by atoms with Gasteiger partial charge in [-0.1, -0.05) is 18.2 Å². The highest BCUT2D eigenvalue weighted by Gasteiger charge is 2.36. The first-order valence-corrected chi connectivity index (χ1v) is 10.5. The second-order valence-electron chi connectivity index (χ2n) is 8.45. The van der Waals surface area contributed by atoms with Crippen LogP contribution in [0.4, 0.5) is 10.5 Å². The zero-order valence-electron chi connectivity index (χ0n) is 17.5. The van der Waals surface area contributed by atoms with Gasteiger partial charge in [0.25, 0.3) is 5.56 Å². The van der Waals surface area contributed by atoms with Crippen molar-refractivity contribution in [2.75, 3.05) is 25.0 Å². The molecule has 2 N–H and O–H groups in total. The molecule has 1 saturated heterocycles. The molecule has 0 aliphatic carbocycles. The van der Waals surface area contributed by atoms with Crippen LogP contribution in [0.25, 0.3) is 0 Å². The van der Waals surface area contributed by atoms with E-state index in [0.29, 0.717) is 19.6 Å². The van der Waals surface area contributed by atoms with Crippen molar-refractivity contribution >= 4 is 17.6 Å². The molecule has 1 fully saturated rings. The summed E-state index contributed by atoms with van der Waals surface area (Å²) in [5.74, 6) is 0.354. The molecule has 1 aromatic heterocycles. The molecule has 2 aliphatic heterocycles. The molecular formula is C23H28N4O3. The van der Waals surface area contributed by atoms with E-state index in [2.05, 4.69) is 10.6 Å². The number of anilines is 1. The SMILES string of the molecule is Cc1ccc(C)c(NC(=O)CCNC(=O)N2C[C@@H]3C[C@@H](C2)c2cccc(=O)n2C3)c1. The van der Waals surface area contributed by atoms with E-state index in [9.17, 15) is 14.4 Å². The van der Waals surface area contributed by atoms with E-state index in [-0.39, 0.29) is 42.3 Å². The second kappa shape index (κ2) is 8.34. The van der Waals surface area contributed by atoms with E-state index in [1.54, 1.807) is 12.1 Å². The van der Waals surface area contributed by atoms with Gasteiger partial charge in [0.2, 0.25) is 5.91 Å². The maximum absolute atomic E-state index is 12.7. The van der Waals surface area contributed by atoms with Crippen LogP contribution in [0.5, 0.6) is 0 Å². The van der Waals surface area contributed by atoms with Gasteiger partial charge >= 0.3 is 6.03 Å². The van der Waals surface area contributed by atoms with Crippen LogP contribution in [0.2, 0.25) is 0 Å². The van der Waals surface area contributed by atoms with Gasteiger partial charge in [0.1, 0.15) is 0 Å². The minimum absolute atomic E-state index is 0.0370. The minimum Gasteiger partial charge on any atom is -0.337 e. The van der Waals surface area contributed by atoms with E-state index < -0.39 is 0 Å². The van der Waals surface area contributed by atoms with Crippen LogP contribution >= 0.6 is 0 Å². The Bertz CT molecular complexity index is 1030. The number of likely N-dealkylation sites (tertiary alicyclic amines) is 1. The van der Waals surface area contributed by atoms with E-state index in [0.717, 1.165) is 28.9 Å². The molecule has 2 aromatic rings. The highest BCUT2D eigenvalue weighted by Crippen LogP contribution is 2.34. The number of nitrogens with one attached hydrogen (secondary N) is 2. The van der Waals surface area contributed by atoms with Crippen LogP contribution in [-0.2, 0) is 11.3 Å². The number of fused-ring (bicyclic) bond motifs is 4. The van der Waals surface area contributed by atoms with Crippen LogP contribution in [0.3, 0.4) is 0 Å². The van der Waals surface area contributed by atoms with Crippen molar-refractivity contribution in [3.05, 3.63) is 63.6 Å². The molecular weight excluding hydrogens is 380 g/mol. The number of carbonyl (C=O) groups excluding carboxylic acids is 2. The molecule has 2 aliphatic rings. The normalized spacial score (nSPS) is 19.7. The zero-order chi connectivity index (χ0) is 21.3. The van der Waals surface area contributed by atoms with Crippen molar-refractivity contribution in [1.82, 2.24) is 14.8 Å². The molecule has 3 amide bonds. The lowest BCUT2D eigenvalue weighted by atomic mass is 9.83. The average molecular weight is 409 g/mol. The van der Waals surface area contributed by atoms with Gasteiger partial charge in [0, 0.05) is 56.0 Å². The van der Waals surface area contributed by atoms with Crippen molar-refractivity contribution in [2.24, 2.45) is 5.92 Å². The Labute approximate surface area is 176 Å². The summed E-state index contributed by atoms with van der Waals surface area (Å²) in [5.41, 5.74) is 3.96. The molecule has 2 atom stereocenters. The number of aryl methyl sites for hydroxylation is 2. The van der Waals surface area contributed by atoms with Gasteiger partial charge in [-0.25, -0.2) is 4.79 Å². The van der Waals surface area contributed by atoms with Crippen LogP contribution in [0, 0.1) is 19.8 Å². The number of urea groups is 1. The number of piperidine rings is 1. The molecule has 30 heavy (non-hydrogen) atoms. The predicted molar refractivity (Wildman–Crippen MR) is 116 cm³/mol. The number of rotatable bonds is 4. The van der Waals surface area contributed by atoms with Gasteiger partial charge in [-0.2, -0.15) is 0 Å². The Kier molecular flexibility index (Phi) is 5.61. The van der Waals surface area contributed by atoms with Crippen molar-refractivity contribution in [2.45, 2.75) is 39.2 Å². The number of hydrogen-bond acceptors (Lipinski definition) is 3. The predicted octanol–water partition coefficient (Wildman–Crippen LogP) is 2.62. The van der Waals surface area contributed by atoms with E-state index >= 15 is 0 Å². The van der Waals surface area contributed by atoms with Gasteiger partial charge in [-0.15, -0.1) is 0 Å². The van der Waals surface area contributed by atoms with Gasteiger partial charge in [0.05, 0.1) is 0 Å².